The number of aromatic nitrogens is 1. The molecule has 0 amide bonds. The maximum atomic E-state index is 12.0. The number of nitrogens with one attached hydrogen (secondary N) is 1. The molecule has 0 saturated heterocycles. The van der Waals surface area contributed by atoms with E-state index in [0.29, 0.717) is 23.8 Å². The molecule has 0 atom stereocenters. The first-order valence-electron chi connectivity index (χ1n) is 6.45. The number of hydrogen-bond acceptors (Lipinski definition) is 5. The lowest BCUT2D eigenvalue weighted by molar-refractivity contribution is -0.00182. The fourth-order valence-corrected chi connectivity index (χ4v) is 4.51. The summed E-state index contributed by atoms with van der Waals surface area (Å²) in [6.07, 6.45) is 4.54. The van der Waals surface area contributed by atoms with Crippen molar-refractivity contribution in [3.8, 4) is 0 Å². The van der Waals surface area contributed by atoms with Gasteiger partial charge in [0, 0.05) is 6.54 Å². The van der Waals surface area contributed by atoms with Gasteiger partial charge in [-0.1, -0.05) is 6.92 Å². The normalized spacial score (nSPS) is 28.5. The van der Waals surface area contributed by atoms with Gasteiger partial charge in [-0.2, -0.15) is 0 Å². The molecule has 19 heavy (non-hydrogen) atoms. The maximum Gasteiger partial charge on any atom is 0.251 e. The number of sulfonamides is 1. The average Bonchev–Trinajstić information content (AvgIpc) is 2.79. The summed E-state index contributed by atoms with van der Waals surface area (Å²) in [5.74, 6) is 0.612. The Hall–Kier alpha value is -0.500. The monoisotopic (exact) mass is 304 g/mol. The summed E-state index contributed by atoms with van der Waals surface area (Å²) in [6.45, 7) is 4.00. The van der Waals surface area contributed by atoms with E-state index in [9.17, 15) is 13.5 Å². The van der Waals surface area contributed by atoms with E-state index in [1.807, 2.05) is 0 Å². The predicted molar refractivity (Wildman–Crippen MR) is 74.6 cm³/mol. The summed E-state index contributed by atoms with van der Waals surface area (Å²) < 4.78 is 26.8. The van der Waals surface area contributed by atoms with Gasteiger partial charge >= 0.3 is 0 Å². The van der Waals surface area contributed by atoms with Gasteiger partial charge < -0.3 is 5.11 Å². The van der Waals surface area contributed by atoms with Crippen LogP contribution < -0.4 is 4.72 Å². The number of thiazole rings is 1. The predicted octanol–water partition coefficient (Wildman–Crippen LogP) is 1.67. The van der Waals surface area contributed by atoms with Crippen molar-refractivity contribution in [2.45, 2.75) is 49.3 Å². The van der Waals surface area contributed by atoms with Crippen LogP contribution in [0.2, 0.25) is 0 Å². The molecule has 5 nitrogen and oxygen atoms in total. The quantitative estimate of drug-likeness (QED) is 0.887. The van der Waals surface area contributed by atoms with E-state index in [4.69, 9.17) is 0 Å². The fourth-order valence-electron chi connectivity index (χ4n) is 2.24. The number of aryl methyl sites for hydroxylation is 1. The highest BCUT2D eigenvalue weighted by atomic mass is 32.2. The Kier molecular flexibility index (Phi) is 4.29. The molecule has 1 aromatic rings. The molecule has 0 aliphatic heterocycles. The Bertz CT molecular complexity index is 531. The summed E-state index contributed by atoms with van der Waals surface area (Å²) in [4.78, 5) is 3.94. The van der Waals surface area contributed by atoms with E-state index in [-0.39, 0.29) is 10.8 Å². The Morgan fingerprint density at radius 1 is 1.53 bits per heavy atom. The van der Waals surface area contributed by atoms with Crippen LogP contribution in [0.15, 0.2) is 10.4 Å². The number of rotatable bonds is 4. The molecule has 1 heterocycles. The summed E-state index contributed by atoms with van der Waals surface area (Å²) in [6, 6.07) is 0. The van der Waals surface area contributed by atoms with Crippen LogP contribution in [-0.2, 0) is 10.0 Å². The maximum absolute atomic E-state index is 12.0. The molecular weight excluding hydrogens is 284 g/mol. The first-order chi connectivity index (χ1) is 8.81. The Morgan fingerprint density at radius 3 is 2.68 bits per heavy atom. The van der Waals surface area contributed by atoms with Crippen LogP contribution in [0.5, 0.6) is 0 Å². The second kappa shape index (κ2) is 5.47. The van der Waals surface area contributed by atoms with Crippen LogP contribution in [-0.4, -0.2) is 30.7 Å². The lowest BCUT2D eigenvalue weighted by Crippen LogP contribution is -2.45. The van der Waals surface area contributed by atoms with Crippen LogP contribution in [0.4, 0.5) is 0 Å². The molecule has 108 valence electrons. The molecule has 1 aliphatic carbocycles. The van der Waals surface area contributed by atoms with E-state index < -0.39 is 15.6 Å². The topological polar surface area (TPSA) is 79.3 Å². The zero-order chi connectivity index (χ0) is 14.1. The van der Waals surface area contributed by atoms with Gasteiger partial charge in [-0.3, -0.25) is 0 Å². The largest absolute Gasteiger partial charge is 0.389 e. The second-order valence-electron chi connectivity index (χ2n) is 5.43. The van der Waals surface area contributed by atoms with Crippen molar-refractivity contribution in [2.24, 2.45) is 5.92 Å². The third kappa shape index (κ3) is 3.75. The smallest absolute Gasteiger partial charge is 0.251 e. The van der Waals surface area contributed by atoms with Crippen LogP contribution in [0.3, 0.4) is 0 Å². The van der Waals surface area contributed by atoms with Gasteiger partial charge in [0.05, 0.1) is 16.8 Å². The van der Waals surface area contributed by atoms with Crippen molar-refractivity contribution in [1.82, 2.24) is 9.71 Å². The van der Waals surface area contributed by atoms with Crippen molar-refractivity contribution in [3.63, 3.8) is 0 Å². The summed E-state index contributed by atoms with van der Waals surface area (Å²) in [5, 5.41) is 11.1. The summed E-state index contributed by atoms with van der Waals surface area (Å²) in [5.41, 5.74) is -0.903. The molecule has 0 radical (unpaired) electrons. The van der Waals surface area contributed by atoms with E-state index in [0.717, 1.165) is 24.2 Å². The molecule has 0 unspecified atom stereocenters. The third-order valence-corrected chi connectivity index (χ3v) is 6.44. The first kappa shape index (κ1) is 14.9. The molecule has 2 rings (SSSR count). The van der Waals surface area contributed by atoms with Crippen molar-refractivity contribution in [2.75, 3.05) is 6.54 Å². The number of nitrogens with zero attached hydrogens (tertiary/aromatic N) is 1. The summed E-state index contributed by atoms with van der Waals surface area (Å²) in [7, 11) is -3.54. The van der Waals surface area contributed by atoms with Crippen LogP contribution in [0.25, 0.3) is 0 Å². The average molecular weight is 304 g/mol. The van der Waals surface area contributed by atoms with E-state index in [2.05, 4.69) is 16.6 Å². The molecule has 1 saturated carbocycles. The third-order valence-electron chi connectivity index (χ3n) is 3.66. The molecule has 1 aliphatic rings. The summed E-state index contributed by atoms with van der Waals surface area (Å²) >= 11 is 1.14. The van der Waals surface area contributed by atoms with Crippen LogP contribution >= 0.6 is 11.3 Å². The minimum Gasteiger partial charge on any atom is -0.389 e. The minimum absolute atomic E-state index is 0.0823. The highest BCUT2D eigenvalue weighted by Crippen LogP contribution is 2.31. The fraction of sp³-hybridized carbons (Fsp3) is 0.750. The molecule has 2 N–H and O–H groups in total. The van der Waals surface area contributed by atoms with Crippen molar-refractivity contribution in [1.29, 1.82) is 0 Å². The van der Waals surface area contributed by atoms with Gasteiger partial charge in [0.15, 0.2) is 4.21 Å². The van der Waals surface area contributed by atoms with E-state index >= 15 is 0 Å². The lowest BCUT2D eigenvalue weighted by atomic mass is 9.80. The second-order valence-corrected chi connectivity index (χ2v) is 8.66. The molecule has 0 aromatic carbocycles. The Labute approximate surface area is 118 Å². The Morgan fingerprint density at radius 2 is 2.16 bits per heavy atom. The zero-order valence-electron chi connectivity index (χ0n) is 11.2. The van der Waals surface area contributed by atoms with Gasteiger partial charge in [0.1, 0.15) is 0 Å². The lowest BCUT2D eigenvalue weighted by Gasteiger charge is -2.34. The van der Waals surface area contributed by atoms with E-state index in [1.165, 1.54) is 6.20 Å². The molecule has 1 aromatic heterocycles. The van der Waals surface area contributed by atoms with Gasteiger partial charge in [-0.25, -0.2) is 18.1 Å². The van der Waals surface area contributed by atoms with Gasteiger partial charge in [0.25, 0.3) is 10.0 Å². The minimum atomic E-state index is -3.54. The van der Waals surface area contributed by atoms with Gasteiger partial charge in [0.2, 0.25) is 0 Å². The van der Waals surface area contributed by atoms with Crippen molar-refractivity contribution >= 4 is 21.4 Å². The number of hydrogen-bond donors (Lipinski definition) is 2. The molecule has 0 spiro atoms. The highest BCUT2D eigenvalue weighted by molar-refractivity contribution is 7.91. The molecular formula is C12H20N2O3S2. The molecule has 7 heteroatoms. The number of aliphatic hydroxyl groups is 1. The standard InChI is InChI=1S/C12H20N2O3S2/c1-9-3-5-12(15,6-4-9)8-14-19(16,17)11-7-13-10(2)18-11/h7,9,14-15H,3-6,8H2,1-2H3. The van der Waals surface area contributed by atoms with Gasteiger partial charge in [-0.05, 0) is 38.5 Å². The van der Waals surface area contributed by atoms with Crippen LogP contribution in [0, 0.1) is 12.8 Å². The van der Waals surface area contributed by atoms with Crippen molar-refractivity contribution < 1.29 is 13.5 Å². The first-order valence-corrected chi connectivity index (χ1v) is 8.75. The van der Waals surface area contributed by atoms with E-state index in [1.54, 1.807) is 6.92 Å². The van der Waals surface area contributed by atoms with Crippen LogP contribution in [0.1, 0.15) is 37.6 Å². The van der Waals surface area contributed by atoms with Crippen molar-refractivity contribution in [3.05, 3.63) is 11.2 Å². The SMILES string of the molecule is Cc1ncc(S(=O)(=O)NCC2(O)CCC(C)CC2)s1. The highest BCUT2D eigenvalue weighted by Gasteiger charge is 2.33. The Balaban J connectivity index is 1.98. The molecule has 1 fully saturated rings. The molecule has 0 bridgehead atoms. The van der Waals surface area contributed by atoms with Gasteiger partial charge in [-0.15, -0.1) is 11.3 Å². The zero-order valence-corrected chi connectivity index (χ0v) is 12.9.